The minimum Gasteiger partial charge on any atom is -0.493 e. The summed E-state index contributed by atoms with van der Waals surface area (Å²) >= 11 is 0. The van der Waals surface area contributed by atoms with Crippen molar-refractivity contribution in [3.8, 4) is 17.2 Å². The molecule has 30 heavy (non-hydrogen) atoms. The number of ether oxygens (including phenoxy) is 3. The summed E-state index contributed by atoms with van der Waals surface area (Å²) in [5.74, 6) is 2.28. The van der Waals surface area contributed by atoms with Crippen molar-refractivity contribution in [2.75, 3.05) is 34.4 Å². The van der Waals surface area contributed by atoms with Crippen molar-refractivity contribution in [3.63, 3.8) is 0 Å². The number of carbonyl (C=O) groups is 1. The zero-order valence-corrected chi connectivity index (χ0v) is 18.2. The van der Waals surface area contributed by atoms with Crippen LogP contribution in [0.2, 0.25) is 0 Å². The highest BCUT2D eigenvalue weighted by Crippen LogP contribution is 2.39. The summed E-state index contributed by atoms with van der Waals surface area (Å²) in [6.45, 7) is 4.27. The quantitative estimate of drug-likeness (QED) is 0.717. The molecule has 1 aliphatic heterocycles. The third-order valence-electron chi connectivity index (χ3n) is 5.60. The van der Waals surface area contributed by atoms with Gasteiger partial charge in [-0.15, -0.1) is 0 Å². The van der Waals surface area contributed by atoms with Gasteiger partial charge in [0, 0.05) is 19.7 Å². The number of methoxy groups -OCH3 is 3. The molecule has 0 aliphatic carbocycles. The minimum atomic E-state index is -0.0491. The first-order chi connectivity index (χ1) is 14.5. The Labute approximate surface area is 178 Å². The number of amides is 1. The number of rotatable bonds is 8. The van der Waals surface area contributed by atoms with Crippen molar-refractivity contribution in [3.05, 3.63) is 47.8 Å². The normalized spacial score (nSPS) is 16.0. The van der Waals surface area contributed by atoms with E-state index in [2.05, 4.69) is 15.2 Å². The summed E-state index contributed by atoms with van der Waals surface area (Å²) in [5, 5.41) is 3.11. The van der Waals surface area contributed by atoms with Crippen molar-refractivity contribution < 1.29 is 19.0 Å². The predicted molar refractivity (Wildman–Crippen MR) is 115 cm³/mol. The number of likely N-dealkylation sites (tertiary alicyclic amines) is 1. The van der Waals surface area contributed by atoms with Gasteiger partial charge in [-0.3, -0.25) is 14.7 Å². The van der Waals surface area contributed by atoms with E-state index >= 15 is 0 Å². The van der Waals surface area contributed by atoms with Gasteiger partial charge in [0.2, 0.25) is 11.7 Å². The highest BCUT2D eigenvalue weighted by Gasteiger charge is 2.29. The number of aromatic nitrogens is 1. The Morgan fingerprint density at radius 1 is 1.13 bits per heavy atom. The third kappa shape index (κ3) is 5.21. The second kappa shape index (κ2) is 10.3. The second-order valence-corrected chi connectivity index (χ2v) is 7.58. The molecule has 1 atom stereocenters. The minimum absolute atomic E-state index is 0.0227. The molecule has 1 fully saturated rings. The molecule has 1 aromatic heterocycles. The van der Waals surface area contributed by atoms with Crippen LogP contribution >= 0.6 is 0 Å². The maximum Gasteiger partial charge on any atom is 0.217 e. The summed E-state index contributed by atoms with van der Waals surface area (Å²) in [6.07, 6.45) is 3.77. The lowest BCUT2D eigenvalue weighted by Gasteiger charge is -2.36. The summed E-state index contributed by atoms with van der Waals surface area (Å²) in [7, 11) is 4.87. The molecule has 0 bridgehead atoms. The Morgan fingerprint density at radius 3 is 2.30 bits per heavy atom. The van der Waals surface area contributed by atoms with Gasteiger partial charge in [-0.2, -0.15) is 0 Å². The monoisotopic (exact) mass is 413 g/mol. The van der Waals surface area contributed by atoms with Crippen molar-refractivity contribution in [2.24, 2.45) is 5.92 Å². The molecule has 7 nitrogen and oxygen atoms in total. The van der Waals surface area contributed by atoms with Gasteiger partial charge in [0.25, 0.3) is 0 Å². The maximum absolute atomic E-state index is 11.8. The van der Waals surface area contributed by atoms with Crippen LogP contribution in [0.3, 0.4) is 0 Å². The van der Waals surface area contributed by atoms with Gasteiger partial charge in [0.15, 0.2) is 11.5 Å². The maximum atomic E-state index is 11.8. The zero-order valence-electron chi connectivity index (χ0n) is 18.2. The number of nitrogens with zero attached hydrogens (tertiary/aromatic N) is 2. The predicted octanol–water partition coefficient (Wildman–Crippen LogP) is 3.20. The van der Waals surface area contributed by atoms with Crippen LogP contribution in [0.5, 0.6) is 17.2 Å². The standard InChI is InChI=1S/C23H31N3O4/c1-16(27)25-22(19-7-5-6-10-24-19)18-8-11-26(12-9-18)15-17-13-20(28-2)23(30-4)21(14-17)29-3/h5-7,10,13-14,18,22H,8-9,11-12,15H2,1-4H3,(H,25,27)/t22-/m0/s1. The van der Waals surface area contributed by atoms with Gasteiger partial charge >= 0.3 is 0 Å². The fraction of sp³-hybridized carbons (Fsp3) is 0.478. The van der Waals surface area contributed by atoms with Gasteiger partial charge < -0.3 is 19.5 Å². The van der Waals surface area contributed by atoms with Gasteiger partial charge in [-0.25, -0.2) is 0 Å². The SMILES string of the molecule is COc1cc(CN2CCC([C@H](NC(C)=O)c3ccccn3)CC2)cc(OC)c1OC. The van der Waals surface area contributed by atoms with Crippen LogP contribution in [0.4, 0.5) is 0 Å². The van der Waals surface area contributed by atoms with Crippen LogP contribution in [0, 0.1) is 5.92 Å². The van der Waals surface area contributed by atoms with Crippen LogP contribution in [-0.4, -0.2) is 50.2 Å². The summed E-state index contributed by atoms with van der Waals surface area (Å²) < 4.78 is 16.4. The van der Waals surface area contributed by atoms with E-state index in [0.29, 0.717) is 23.2 Å². The van der Waals surface area contributed by atoms with E-state index in [1.807, 2.05) is 30.3 Å². The molecule has 1 saturated heterocycles. The molecule has 162 valence electrons. The number of hydrogen-bond donors (Lipinski definition) is 1. The van der Waals surface area contributed by atoms with Gasteiger partial charge in [-0.05, 0) is 61.7 Å². The number of pyridine rings is 1. The van der Waals surface area contributed by atoms with Crippen LogP contribution in [0.15, 0.2) is 36.5 Å². The Balaban J connectivity index is 1.67. The molecule has 1 aliphatic rings. The van der Waals surface area contributed by atoms with E-state index in [9.17, 15) is 4.79 Å². The Morgan fingerprint density at radius 2 is 1.80 bits per heavy atom. The van der Waals surface area contributed by atoms with E-state index in [4.69, 9.17) is 14.2 Å². The van der Waals surface area contributed by atoms with Crippen LogP contribution in [0.1, 0.15) is 37.1 Å². The van der Waals surface area contributed by atoms with Gasteiger partial charge in [-0.1, -0.05) is 6.07 Å². The van der Waals surface area contributed by atoms with E-state index in [1.165, 1.54) is 0 Å². The van der Waals surface area contributed by atoms with Crippen molar-refractivity contribution in [2.45, 2.75) is 32.4 Å². The molecule has 1 amide bonds. The molecule has 0 spiro atoms. The summed E-state index contributed by atoms with van der Waals surface area (Å²) in [5.41, 5.74) is 2.04. The number of carbonyl (C=O) groups excluding carboxylic acids is 1. The lowest BCUT2D eigenvalue weighted by atomic mass is 9.87. The molecule has 0 saturated carbocycles. The third-order valence-corrected chi connectivity index (χ3v) is 5.60. The molecular weight excluding hydrogens is 382 g/mol. The Kier molecular flexibility index (Phi) is 7.52. The first-order valence-corrected chi connectivity index (χ1v) is 10.2. The molecule has 1 N–H and O–H groups in total. The lowest BCUT2D eigenvalue weighted by molar-refractivity contribution is -0.120. The highest BCUT2D eigenvalue weighted by molar-refractivity contribution is 5.73. The van der Waals surface area contributed by atoms with Crippen LogP contribution in [-0.2, 0) is 11.3 Å². The largest absolute Gasteiger partial charge is 0.493 e. The molecule has 3 rings (SSSR count). The number of piperidine rings is 1. The highest BCUT2D eigenvalue weighted by atomic mass is 16.5. The molecule has 1 aromatic carbocycles. The number of nitrogens with one attached hydrogen (secondary N) is 1. The molecule has 2 heterocycles. The first kappa shape index (κ1) is 21.9. The fourth-order valence-corrected chi connectivity index (χ4v) is 4.14. The van der Waals surface area contributed by atoms with Crippen molar-refractivity contribution in [1.29, 1.82) is 0 Å². The Bertz CT molecular complexity index is 811. The van der Waals surface area contributed by atoms with E-state index in [-0.39, 0.29) is 11.9 Å². The number of benzene rings is 1. The summed E-state index contributed by atoms with van der Waals surface area (Å²) in [4.78, 5) is 18.7. The average Bonchev–Trinajstić information content (AvgIpc) is 2.77. The van der Waals surface area contributed by atoms with Crippen molar-refractivity contribution in [1.82, 2.24) is 15.2 Å². The van der Waals surface area contributed by atoms with Gasteiger partial charge in [0.1, 0.15) is 0 Å². The Hall–Kier alpha value is -2.80. The summed E-state index contributed by atoms with van der Waals surface area (Å²) in [6, 6.07) is 9.81. The van der Waals surface area contributed by atoms with Gasteiger partial charge in [0.05, 0.1) is 33.1 Å². The van der Waals surface area contributed by atoms with Crippen LogP contribution < -0.4 is 19.5 Å². The van der Waals surface area contributed by atoms with E-state index in [1.54, 1.807) is 34.4 Å². The van der Waals surface area contributed by atoms with Crippen molar-refractivity contribution >= 4 is 5.91 Å². The molecule has 0 unspecified atom stereocenters. The van der Waals surface area contributed by atoms with Crippen LogP contribution in [0.25, 0.3) is 0 Å². The molecule has 0 radical (unpaired) electrons. The first-order valence-electron chi connectivity index (χ1n) is 10.2. The second-order valence-electron chi connectivity index (χ2n) is 7.58. The van der Waals surface area contributed by atoms with E-state index < -0.39 is 0 Å². The average molecular weight is 414 g/mol. The molecular formula is C23H31N3O4. The molecule has 2 aromatic rings. The number of hydrogen-bond acceptors (Lipinski definition) is 6. The topological polar surface area (TPSA) is 72.9 Å². The zero-order chi connectivity index (χ0) is 21.5. The molecule has 7 heteroatoms. The fourth-order valence-electron chi connectivity index (χ4n) is 4.14. The smallest absolute Gasteiger partial charge is 0.217 e. The lowest BCUT2D eigenvalue weighted by Crippen LogP contribution is -2.40. The van der Waals surface area contributed by atoms with E-state index in [0.717, 1.165) is 43.7 Å².